The van der Waals surface area contributed by atoms with Gasteiger partial charge in [0.25, 0.3) is 0 Å². The summed E-state index contributed by atoms with van der Waals surface area (Å²) in [6, 6.07) is 0. The third-order valence-electron chi connectivity index (χ3n) is 2.74. The molecule has 82 valence electrons. The molecule has 0 aliphatic heterocycles. The molecule has 0 saturated carbocycles. The molecular weight excluding hydrogens is 196 g/mol. The molecule has 4 nitrogen and oxygen atoms in total. The second-order valence-corrected chi connectivity index (χ2v) is 4.10. The lowest BCUT2D eigenvalue weighted by atomic mass is 9.72. The quantitative estimate of drug-likeness (QED) is 0.695. The van der Waals surface area contributed by atoms with E-state index in [9.17, 15) is 9.59 Å². The van der Waals surface area contributed by atoms with Crippen molar-refractivity contribution in [2.24, 2.45) is 11.3 Å². The highest BCUT2D eigenvalue weighted by Gasteiger charge is 2.42. The summed E-state index contributed by atoms with van der Waals surface area (Å²) in [5.74, 6) is -3.97. The lowest BCUT2D eigenvalue weighted by Gasteiger charge is -2.30. The van der Waals surface area contributed by atoms with E-state index in [0.29, 0.717) is 6.42 Å². The molecule has 4 heteroatoms. The SMILES string of the molecule is CC1=CCC(C)(C(C(=O)O)C(=O)O)C=C1. The Morgan fingerprint density at radius 2 is 1.93 bits per heavy atom. The molecule has 0 heterocycles. The minimum absolute atomic E-state index is 0.443. The van der Waals surface area contributed by atoms with Crippen molar-refractivity contribution in [3.63, 3.8) is 0 Å². The standard InChI is InChI=1S/C11H14O4/c1-7-3-5-11(2,6-4-7)8(9(12)13)10(14)15/h3-5,8H,6H2,1-2H3,(H,12,13)(H,14,15). The number of carboxylic acids is 2. The summed E-state index contributed by atoms with van der Waals surface area (Å²) in [5.41, 5.74) is 0.193. The molecule has 0 amide bonds. The molecule has 0 saturated heterocycles. The van der Waals surface area contributed by atoms with Crippen molar-refractivity contribution < 1.29 is 19.8 Å². The summed E-state index contributed by atoms with van der Waals surface area (Å²) in [7, 11) is 0. The highest BCUT2D eigenvalue weighted by Crippen LogP contribution is 2.37. The molecule has 0 bridgehead atoms. The molecule has 1 unspecified atom stereocenters. The first-order valence-electron chi connectivity index (χ1n) is 4.68. The topological polar surface area (TPSA) is 74.6 Å². The number of carbonyl (C=O) groups is 2. The van der Waals surface area contributed by atoms with Gasteiger partial charge < -0.3 is 10.2 Å². The van der Waals surface area contributed by atoms with Crippen LogP contribution in [0.25, 0.3) is 0 Å². The Balaban J connectivity index is 3.00. The minimum Gasteiger partial charge on any atom is -0.481 e. The van der Waals surface area contributed by atoms with Gasteiger partial charge in [-0.15, -0.1) is 0 Å². The second-order valence-electron chi connectivity index (χ2n) is 4.10. The summed E-state index contributed by atoms with van der Waals surface area (Å²) in [4.78, 5) is 21.8. The van der Waals surface area contributed by atoms with Crippen LogP contribution in [0.4, 0.5) is 0 Å². The van der Waals surface area contributed by atoms with E-state index >= 15 is 0 Å². The molecule has 1 atom stereocenters. The predicted octanol–water partition coefficient (Wildman–Crippen LogP) is 1.68. The maximum Gasteiger partial charge on any atom is 0.318 e. The normalized spacial score (nSPS) is 25.1. The number of allylic oxidation sites excluding steroid dienone is 4. The number of hydrogen-bond donors (Lipinski definition) is 2. The van der Waals surface area contributed by atoms with E-state index in [2.05, 4.69) is 0 Å². The van der Waals surface area contributed by atoms with E-state index in [1.807, 2.05) is 13.0 Å². The fraction of sp³-hybridized carbons (Fsp3) is 0.455. The zero-order chi connectivity index (χ0) is 11.6. The molecule has 1 rings (SSSR count). The Hall–Kier alpha value is -1.58. The highest BCUT2D eigenvalue weighted by molar-refractivity contribution is 5.94. The summed E-state index contributed by atoms with van der Waals surface area (Å²) >= 11 is 0. The first-order valence-corrected chi connectivity index (χ1v) is 4.68. The van der Waals surface area contributed by atoms with Gasteiger partial charge in [0.05, 0.1) is 0 Å². The molecule has 0 spiro atoms. The van der Waals surface area contributed by atoms with Gasteiger partial charge in [0, 0.05) is 5.41 Å². The minimum atomic E-state index is -1.39. The molecule has 1 aliphatic carbocycles. The van der Waals surface area contributed by atoms with E-state index < -0.39 is 23.3 Å². The first-order chi connectivity index (χ1) is 6.87. The average Bonchev–Trinajstić information content (AvgIpc) is 2.09. The van der Waals surface area contributed by atoms with Crippen molar-refractivity contribution >= 4 is 11.9 Å². The van der Waals surface area contributed by atoms with Crippen LogP contribution in [-0.2, 0) is 9.59 Å². The average molecular weight is 210 g/mol. The monoisotopic (exact) mass is 210 g/mol. The van der Waals surface area contributed by atoms with Crippen molar-refractivity contribution in [2.75, 3.05) is 0 Å². The van der Waals surface area contributed by atoms with Crippen molar-refractivity contribution in [1.29, 1.82) is 0 Å². The summed E-state index contributed by atoms with van der Waals surface area (Å²) in [5, 5.41) is 17.8. The van der Waals surface area contributed by atoms with Gasteiger partial charge in [0.2, 0.25) is 0 Å². The fourth-order valence-electron chi connectivity index (χ4n) is 1.72. The fourth-order valence-corrected chi connectivity index (χ4v) is 1.72. The smallest absolute Gasteiger partial charge is 0.318 e. The van der Waals surface area contributed by atoms with Crippen molar-refractivity contribution in [3.05, 3.63) is 23.8 Å². The molecule has 0 aromatic carbocycles. The van der Waals surface area contributed by atoms with E-state index in [1.165, 1.54) is 0 Å². The Morgan fingerprint density at radius 1 is 1.40 bits per heavy atom. The summed E-state index contributed by atoms with van der Waals surface area (Å²) in [6.45, 7) is 3.55. The van der Waals surface area contributed by atoms with Crippen molar-refractivity contribution in [1.82, 2.24) is 0 Å². The van der Waals surface area contributed by atoms with Crippen LogP contribution in [0, 0.1) is 11.3 Å². The van der Waals surface area contributed by atoms with Gasteiger partial charge in [0.1, 0.15) is 0 Å². The molecule has 2 N–H and O–H groups in total. The van der Waals surface area contributed by atoms with E-state index in [0.717, 1.165) is 5.57 Å². The van der Waals surface area contributed by atoms with Crippen LogP contribution in [0.3, 0.4) is 0 Å². The lowest BCUT2D eigenvalue weighted by Crippen LogP contribution is -2.38. The van der Waals surface area contributed by atoms with Gasteiger partial charge in [0.15, 0.2) is 5.92 Å². The molecule has 0 aromatic rings. The van der Waals surface area contributed by atoms with E-state index in [-0.39, 0.29) is 0 Å². The second kappa shape index (κ2) is 3.88. The third kappa shape index (κ3) is 2.26. The third-order valence-corrected chi connectivity index (χ3v) is 2.74. The van der Waals surface area contributed by atoms with Crippen LogP contribution in [0.1, 0.15) is 20.3 Å². The Kier molecular flexibility index (Phi) is 2.98. The Morgan fingerprint density at radius 3 is 2.27 bits per heavy atom. The number of aliphatic carboxylic acids is 2. The molecular formula is C11H14O4. The van der Waals surface area contributed by atoms with E-state index in [1.54, 1.807) is 19.1 Å². The zero-order valence-electron chi connectivity index (χ0n) is 8.73. The zero-order valence-corrected chi connectivity index (χ0v) is 8.73. The maximum atomic E-state index is 10.9. The van der Waals surface area contributed by atoms with Gasteiger partial charge in [-0.1, -0.05) is 30.7 Å². The van der Waals surface area contributed by atoms with Crippen LogP contribution in [0.15, 0.2) is 23.8 Å². The molecule has 0 aromatic heterocycles. The Labute approximate surface area is 87.9 Å². The van der Waals surface area contributed by atoms with Crippen LogP contribution >= 0.6 is 0 Å². The molecule has 15 heavy (non-hydrogen) atoms. The van der Waals surface area contributed by atoms with Crippen molar-refractivity contribution in [3.8, 4) is 0 Å². The van der Waals surface area contributed by atoms with Gasteiger partial charge in [-0.05, 0) is 13.3 Å². The summed E-state index contributed by atoms with van der Waals surface area (Å²) in [6.07, 6.45) is 5.75. The molecule has 1 aliphatic rings. The lowest BCUT2D eigenvalue weighted by molar-refractivity contribution is -0.159. The number of rotatable bonds is 3. The predicted molar refractivity (Wildman–Crippen MR) is 54.4 cm³/mol. The van der Waals surface area contributed by atoms with Gasteiger partial charge >= 0.3 is 11.9 Å². The Bertz CT molecular complexity index is 340. The van der Waals surface area contributed by atoms with Crippen LogP contribution in [0.2, 0.25) is 0 Å². The molecule has 0 radical (unpaired) electrons. The number of carboxylic acid groups (broad SMARTS) is 2. The number of hydrogen-bond acceptors (Lipinski definition) is 2. The van der Waals surface area contributed by atoms with Crippen molar-refractivity contribution in [2.45, 2.75) is 20.3 Å². The van der Waals surface area contributed by atoms with E-state index in [4.69, 9.17) is 10.2 Å². The molecule has 0 fully saturated rings. The summed E-state index contributed by atoms with van der Waals surface area (Å²) < 4.78 is 0. The largest absolute Gasteiger partial charge is 0.481 e. The van der Waals surface area contributed by atoms with Crippen LogP contribution < -0.4 is 0 Å². The van der Waals surface area contributed by atoms with Gasteiger partial charge in [-0.3, -0.25) is 9.59 Å². The first kappa shape index (κ1) is 11.5. The highest BCUT2D eigenvalue weighted by atomic mass is 16.4. The van der Waals surface area contributed by atoms with Crippen LogP contribution in [-0.4, -0.2) is 22.2 Å². The van der Waals surface area contributed by atoms with Crippen LogP contribution in [0.5, 0.6) is 0 Å². The van der Waals surface area contributed by atoms with Gasteiger partial charge in [-0.25, -0.2) is 0 Å². The van der Waals surface area contributed by atoms with Gasteiger partial charge in [-0.2, -0.15) is 0 Å². The maximum absolute atomic E-state index is 10.9.